The Kier molecular flexibility index (Phi) is 4.65. The third-order valence-corrected chi connectivity index (χ3v) is 5.78. The van der Waals surface area contributed by atoms with Gasteiger partial charge in [-0.15, -0.1) is 0 Å². The van der Waals surface area contributed by atoms with Crippen LogP contribution in [0.2, 0.25) is 0 Å². The molecule has 20 heavy (non-hydrogen) atoms. The van der Waals surface area contributed by atoms with E-state index in [1.807, 2.05) is 0 Å². The lowest BCUT2D eigenvalue weighted by Gasteiger charge is -2.33. The molecule has 0 aromatic carbocycles. The number of hydrogen-bond donors (Lipinski definition) is 1. The average molecular weight is 278 g/mol. The molecule has 1 amide bonds. The van der Waals surface area contributed by atoms with Crippen LogP contribution in [0, 0.1) is 11.8 Å². The van der Waals surface area contributed by atoms with Gasteiger partial charge in [-0.25, -0.2) is 0 Å². The Balaban J connectivity index is 1.50. The van der Waals surface area contributed by atoms with Crippen molar-refractivity contribution in [3.05, 3.63) is 0 Å². The quantitative estimate of drug-likeness (QED) is 0.861. The van der Waals surface area contributed by atoms with Crippen LogP contribution in [0.5, 0.6) is 0 Å². The normalized spacial score (nSPS) is 35.0. The van der Waals surface area contributed by atoms with E-state index >= 15 is 0 Å². The fourth-order valence-electron chi connectivity index (χ4n) is 4.58. The van der Waals surface area contributed by atoms with Crippen LogP contribution in [0.3, 0.4) is 0 Å². The molecule has 0 aromatic rings. The van der Waals surface area contributed by atoms with Gasteiger partial charge in [-0.3, -0.25) is 4.79 Å². The first-order valence-corrected chi connectivity index (χ1v) is 8.82. The van der Waals surface area contributed by atoms with Gasteiger partial charge in [0.2, 0.25) is 5.91 Å². The van der Waals surface area contributed by atoms with E-state index in [2.05, 4.69) is 17.1 Å². The van der Waals surface area contributed by atoms with Crippen molar-refractivity contribution in [1.29, 1.82) is 0 Å². The van der Waals surface area contributed by atoms with Crippen molar-refractivity contribution in [2.24, 2.45) is 11.8 Å². The van der Waals surface area contributed by atoms with Gasteiger partial charge < -0.3 is 10.2 Å². The summed E-state index contributed by atoms with van der Waals surface area (Å²) in [6.07, 6.45) is 11.5. The van der Waals surface area contributed by atoms with E-state index in [-0.39, 0.29) is 6.04 Å². The molecule has 3 aliphatic rings. The first kappa shape index (κ1) is 14.4. The highest BCUT2D eigenvalue weighted by Crippen LogP contribution is 2.34. The van der Waals surface area contributed by atoms with Gasteiger partial charge >= 0.3 is 0 Å². The van der Waals surface area contributed by atoms with E-state index in [1.54, 1.807) is 0 Å². The molecule has 114 valence electrons. The molecule has 1 N–H and O–H groups in total. The second-order valence-electron chi connectivity index (χ2n) is 7.16. The molecule has 0 radical (unpaired) electrons. The van der Waals surface area contributed by atoms with Gasteiger partial charge in [0.05, 0.1) is 6.04 Å². The molecular weight excluding hydrogens is 248 g/mol. The highest BCUT2D eigenvalue weighted by atomic mass is 16.2. The number of likely N-dealkylation sites (tertiary alicyclic amines) is 1. The maximum absolute atomic E-state index is 12.7. The van der Waals surface area contributed by atoms with Gasteiger partial charge in [-0.05, 0) is 43.9 Å². The minimum atomic E-state index is 0.130. The van der Waals surface area contributed by atoms with Crippen molar-refractivity contribution in [3.63, 3.8) is 0 Å². The third-order valence-electron chi connectivity index (χ3n) is 5.78. The first-order valence-electron chi connectivity index (χ1n) is 8.82. The van der Waals surface area contributed by atoms with Crippen LogP contribution in [0.25, 0.3) is 0 Å². The zero-order valence-electron chi connectivity index (χ0n) is 12.9. The highest BCUT2D eigenvalue weighted by Gasteiger charge is 2.40. The second kappa shape index (κ2) is 6.46. The maximum atomic E-state index is 12.7. The van der Waals surface area contributed by atoms with Gasteiger partial charge in [0, 0.05) is 19.1 Å². The van der Waals surface area contributed by atoms with Gasteiger partial charge in [0.25, 0.3) is 0 Å². The molecule has 3 rings (SSSR count). The van der Waals surface area contributed by atoms with Crippen LogP contribution in [0.15, 0.2) is 0 Å². The Bertz CT molecular complexity index is 322. The molecule has 1 saturated carbocycles. The van der Waals surface area contributed by atoms with Crippen LogP contribution < -0.4 is 5.32 Å². The van der Waals surface area contributed by atoms with E-state index < -0.39 is 0 Å². The fourth-order valence-corrected chi connectivity index (χ4v) is 4.58. The Labute approximate surface area is 123 Å². The predicted molar refractivity (Wildman–Crippen MR) is 81.5 cm³/mol. The Morgan fingerprint density at radius 1 is 1.15 bits per heavy atom. The first-order chi connectivity index (χ1) is 9.78. The fraction of sp³-hybridized carbons (Fsp3) is 0.941. The van der Waals surface area contributed by atoms with E-state index in [4.69, 9.17) is 0 Å². The molecule has 2 heterocycles. The molecule has 0 bridgehead atoms. The van der Waals surface area contributed by atoms with E-state index in [9.17, 15) is 4.79 Å². The Morgan fingerprint density at radius 3 is 2.60 bits per heavy atom. The van der Waals surface area contributed by atoms with Crippen molar-refractivity contribution in [2.75, 3.05) is 13.1 Å². The number of amides is 1. The minimum Gasteiger partial charge on any atom is -0.341 e. The number of nitrogens with zero attached hydrogens (tertiary/aromatic N) is 1. The summed E-state index contributed by atoms with van der Waals surface area (Å²) in [6.45, 7) is 4.26. The van der Waals surface area contributed by atoms with Crippen molar-refractivity contribution >= 4 is 5.91 Å². The summed E-state index contributed by atoms with van der Waals surface area (Å²) in [6, 6.07) is 0.765. The number of carbonyl (C=O) groups is 1. The van der Waals surface area contributed by atoms with Crippen LogP contribution in [0.4, 0.5) is 0 Å². The number of carbonyl (C=O) groups excluding carboxylic acids is 1. The summed E-state index contributed by atoms with van der Waals surface area (Å²) in [5.41, 5.74) is 0. The number of rotatable bonds is 3. The van der Waals surface area contributed by atoms with Crippen molar-refractivity contribution in [1.82, 2.24) is 10.2 Å². The van der Waals surface area contributed by atoms with Gasteiger partial charge in [0.15, 0.2) is 0 Å². The van der Waals surface area contributed by atoms with Crippen LogP contribution >= 0.6 is 0 Å². The zero-order chi connectivity index (χ0) is 13.9. The van der Waals surface area contributed by atoms with E-state index in [0.717, 1.165) is 31.3 Å². The highest BCUT2D eigenvalue weighted by molar-refractivity contribution is 5.82. The predicted octanol–water partition coefficient (Wildman–Crippen LogP) is 2.95. The van der Waals surface area contributed by atoms with E-state index in [1.165, 1.54) is 51.4 Å². The van der Waals surface area contributed by atoms with Gasteiger partial charge in [-0.1, -0.05) is 32.6 Å². The standard InChI is InChI=1S/C17H30N2O/c1-2-5-13-8-10-19(11-9-13)17(20)16-12-14-6-3-4-7-15(14)18-16/h13-16,18H,2-12H2,1H3. The number of fused-ring (bicyclic) bond motifs is 1. The lowest BCUT2D eigenvalue weighted by molar-refractivity contribution is -0.134. The monoisotopic (exact) mass is 278 g/mol. The third kappa shape index (κ3) is 3.03. The SMILES string of the molecule is CCCC1CCN(C(=O)C2CC3CCCCC3N2)CC1. The summed E-state index contributed by atoms with van der Waals surface area (Å²) < 4.78 is 0. The van der Waals surface area contributed by atoms with Crippen molar-refractivity contribution < 1.29 is 4.79 Å². The molecule has 3 nitrogen and oxygen atoms in total. The molecule has 3 heteroatoms. The summed E-state index contributed by atoms with van der Waals surface area (Å²) in [4.78, 5) is 14.8. The lowest BCUT2D eigenvalue weighted by Crippen LogP contribution is -2.48. The van der Waals surface area contributed by atoms with Crippen LogP contribution in [-0.2, 0) is 4.79 Å². The summed E-state index contributed by atoms with van der Waals surface area (Å²) in [5, 5.41) is 3.64. The van der Waals surface area contributed by atoms with Gasteiger partial charge in [-0.2, -0.15) is 0 Å². The molecule has 2 saturated heterocycles. The molecule has 3 unspecified atom stereocenters. The van der Waals surface area contributed by atoms with Crippen molar-refractivity contribution in [2.45, 2.75) is 76.8 Å². The van der Waals surface area contributed by atoms with Crippen LogP contribution in [-0.4, -0.2) is 36.0 Å². The number of nitrogens with one attached hydrogen (secondary N) is 1. The molecule has 0 aromatic heterocycles. The average Bonchev–Trinajstić information content (AvgIpc) is 2.91. The lowest BCUT2D eigenvalue weighted by atomic mass is 9.85. The molecule has 3 atom stereocenters. The van der Waals surface area contributed by atoms with Crippen molar-refractivity contribution in [3.8, 4) is 0 Å². The largest absolute Gasteiger partial charge is 0.341 e. The summed E-state index contributed by atoms with van der Waals surface area (Å²) in [7, 11) is 0. The minimum absolute atomic E-state index is 0.130. The molecule has 3 fully saturated rings. The topological polar surface area (TPSA) is 32.3 Å². The smallest absolute Gasteiger partial charge is 0.239 e. The number of piperidine rings is 1. The number of hydrogen-bond acceptors (Lipinski definition) is 2. The maximum Gasteiger partial charge on any atom is 0.239 e. The molecule has 0 spiro atoms. The summed E-state index contributed by atoms with van der Waals surface area (Å²) in [5.74, 6) is 2.04. The Morgan fingerprint density at radius 2 is 1.90 bits per heavy atom. The Hall–Kier alpha value is -0.570. The second-order valence-corrected chi connectivity index (χ2v) is 7.16. The molecule has 1 aliphatic carbocycles. The van der Waals surface area contributed by atoms with E-state index in [0.29, 0.717) is 11.9 Å². The zero-order valence-corrected chi connectivity index (χ0v) is 12.9. The van der Waals surface area contributed by atoms with Gasteiger partial charge in [0.1, 0.15) is 0 Å². The summed E-state index contributed by atoms with van der Waals surface area (Å²) >= 11 is 0. The molecular formula is C17H30N2O. The van der Waals surface area contributed by atoms with Crippen LogP contribution in [0.1, 0.15) is 64.7 Å². The molecule has 2 aliphatic heterocycles.